The molecule has 0 aromatic heterocycles. The molecule has 2 aromatic carbocycles. The molecular weight excluding hydrogens is 463 g/mol. The number of benzene rings is 2. The zero-order valence-corrected chi connectivity index (χ0v) is 19.9. The van der Waals surface area contributed by atoms with E-state index in [1.165, 1.54) is 36.7 Å². The maximum Gasteiger partial charge on any atom is 0.307 e. The van der Waals surface area contributed by atoms with E-state index in [0.717, 1.165) is 0 Å². The molecule has 0 aliphatic rings. The van der Waals surface area contributed by atoms with Gasteiger partial charge in [-0.1, -0.05) is 41.4 Å². The Hall–Kier alpha value is -2.13. The van der Waals surface area contributed by atoms with Gasteiger partial charge in [-0.15, -0.1) is 0 Å². The van der Waals surface area contributed by atoms with Gasteiger partial charge in [0, 0.05) is 18.1 Å². The normalized spacial score (nSPS) is 12.6. The Bertz CT molecular complexity index is 1070. The number of hydrogen-bond acceptors (Lipinski definition) is 5. The van der Waals surface area contributed by atoms with Crippen LogP contribution in [0.1, 0.15) is 42.2 Å². The lowest BCUT2D eigenvalue weighted by Crippen LogP contribution is -2.34. The highest BCUT2D eigenvalue weighted by Gasteiger charge is 2.27. The first-order valence-corrected chi connectivity index (χ1v) is 11.6. The molecule has 1 atom stereocenters. The van der Waals surface area contributed by atoms with Crippen molar-refractivity contribution in [3.63, 3.8) is 0 Å². The zero-order valence-electron chi connectivity index (χ0n) is 17.6. The van der Waals surface area contributed by atoms with Gasteiger partial charge in [0.05, 0.1) is 35.1 Å². The molecule has 0 saturated heterocycles. The lowest BCUT2D eigenvalue weighted by atomic mass is 10.0. The molecule has 1 unspecified atom stereocenters. The average molecular weight is 487 g/mol. The number of sulfonamides is 1. The van der Waals surface area contributed by atoms with Gasteiger partial charge in [0.25, 0.3) is 5.91 Å². The van der Waals surface area contributed by atoms with Gasteiger partial charge in [-0.25, -0.2) is 8.42 Å². The van der Waals surface area contributed by atoms with Crippen LogP contribution in [-0.2, 0) is 19.6 Å². The second kappa shape index (κ2) is 10.5. The Balaban J connectivity index is 2.42. The molecule has 0 heterocycles. The van der Waals surface area contributed by atoms with Gasteiger partial charge >= 0.3 is 5.97 Å². The van der Waals surface area contributed by atoms with Crippen LogP contribution in [0.3, 0.4) is 0 Å². The molecule has 2 aromatic rings. The Morgan fingerprint density at radius 2 is 1.74 bits per heavy atom. The average Bonchev–Trinajstić information content (AvgIpc) is 2.72. The predicted molar refractivity (Wildman–Crippen MR) is 120 cm³/mol. The number of halogens is 2. The molecule has 10 heteroatoms. The van der Waals surface area contributed by atoms with Crippen molar-refractivity contribution in [3.8, 4) is 0 Å². The summed E-state index contributed by atoms with van der Waals surface area (Å²) in [4.78, 5) is 24.8. The number of esters is 1. The fraction of sp³-hybridized carbons (Fsp3) is 0.333. The van der Waals surface area contributed by atoms with Crippen LogP contribution >= 0.6 is 23.2 Å². The molecule has 0 radical (unpaired) electrons. The molecule has 0 spiro atoms. The van der Waals surface area contributed by atoms with E-state index >= 15 is 0 Å². The summed E-state index contributed by atoms with van der Waals surface area (Å²) in [7, 11) is -1.13. The van der Waals surface area contributed by atoms with Gasteiger partial charge in [0.2, 0.25) is 10.0 Å². The number of ether oxygens (including phenoxy) is 1. The van der Waals surface area contributed by atoms with Gasteiger partial charge in [0.15, 0.2) is 0 Å². The van der Waals surface area contributed by atoms with Crippen molar-refractivity contribution in [2.75, 3.05) is 14.2 Å². The van der Waals surface area contributed by atoms with Crippen molar-refractivity contribution in [1.82, 2.24) is 9.62 Å². The first kappa shape index (κ1) is 25.1. The van der Waals surface area contributed by atoms with Crippen molar-refractivity contribution in [3.05, 3.63) is 63.6 Å². The van der Waals surface area contributed by atoms with Crippen molar-refractivity contribution in [2.45, 2.75) is 37.2 Å². The maximum atomic E-state index is 13.0. The minimum Gasteiger partial charge on any atom is -0.469 e. The molecule has 31 heavy (non-hydrogen) atoms. The first-order valence-electron chi connectivity index (χ1n) is 9.38. The van der Waals surface area contributed by atoms with Gasteiger partial charge in [-0.3, -0.25) is 9.59 Å². The van der Waals surface area contributed by atoms with E-state index < -0.39 is 27.9 Å². The van der Waals surface area contributed by atoms with Gasteiger partial charge < -0.3 is 10.1 Å². The standard InChI is InChI=1S/C21H24Cl2N2O5S/c1-13(2)25(3)31(28,29)14-9-10-18(23)16(11-14)21(27)24-19(12-20(26)30-4)15-7-5-6-8-17(15)22/h5-11,13,19H,12H2,1-4H3,(H,24,27). The fourth-order valence-electron chi connectivity index (χ4n) is 2.77. The molecule has 0 saturated carbocycles. The van der Waals surface area contributed by atoms with Crippen molar-refractivity contribution < 1.29 is 22.7 Å². The molecule has 1 amide bonds. The third-order valence-corrected chi connectivity index (χ3v) is 7.47. The second-order valence-corrected chi connectivity index (χ2v) is 9.90. The van der Waals surface area contributed by atoms with E-state index in [2.05, 4.69) is 5.32 Å². The number of carbonyl (C=O) groups is 2. The second-order valence-electron chi connectivity index (χ2n) is 7.08. The largest absolute Gasteiger partial charge is 0.469 e. The molecule has 7 nitrogen and oxygen atoms in total. The third kappa shape index (κ3) is 5.98. The third-order valence-electron chi connectivity index (χ3n) is 4.77. The molecule has 0 aliphatic carbocycles. The van der Waals surface area contributed by atoms with Crippen LogP contribution in [-0.4, -0.2) is 44.8 Å². The van der Waals surface area contributed by atoms with E-state index in [4.69, 9.17) is 27.9 Å². The van der Waals surface area contributed by atoms with Gasteiger partial charge in [-0.05, 0) is 43.7 Å². The summed E-state index contributed by atoms with van der Waals surface area (Å²) < 4.78 is 31.5. The maximum absolute atomic E-state index is 13.0. The van der Waals surface area contributed by atoms with Crippen LogP contribution in [0.2, 0.25) is 10.0 Å². The summed E-state index contributed by atoms with van der Waals surface area (Å²) in [6.07, 6.45) is -0.169. The van der Waals surface area contributed by atoms with Crippen molar-refractivity contribution in [1.29, 1.82) is 0 Å². The lowest BCUT2D eigenvalue weighted by molar-refractivity contribution is -0.141. The fourth-order valence-corrected chi connectivity index (χ4v) is 4.63. The van der Waals surface area contributed by atoms with Crippen LogP contribution in [0.4, 0.5) is 0 Å². The molecule has 168 valence electrons. The summed E-state index contributed by atoms with van der Waals surface area (Å²) in [6.45, 7) is 3.48. The minimum atomic E-state index is -3.82. The summed E-state index contributed by atoms with van der Waals surface area (Å²) in [5.41, 5.74) is 0.476. The number of nitrogens with zero attached hydrogens (tertiary/aromatic N) is 1. The molecule has 0 fully saturated rings. The molecule has 1 N–H and O–H groups in total. The van der Waals surface area contributed by atoms with Crippen LogP contribution in [0.5, 0.6) is 0 Å². The molecular formula is C21H24Cl2N2O5S. The number of methoxy groups -OCH3 is 1. The van der Waals surface area contributed by atoms with E-state index in [1.807, 2.05) is 0 Å². The highest BCUT2D eigenvalue weighted by molar-refractivity contribution is 7.89. The number of amides is 1. The highest BCUT2D eigenvalue weighted by Crippen LogP contribution is 2.28. The Kier molecular flexibility index (Phi) is 8.48. The van der Waals surface area contributed by atoms with Gasteiger partial charge in [0.1, 0.15) is 0 Å². The van der Waals surface area contributed by atoms with Crippen LogP contribution in [0.15, 0.2) is 47.4 Å². The van der Waals surface area contributed by atoms with Gasteiger partial charge in [-0.2, -0.15) is 4.31 Å². The van der Waals surface area contributed by atoms with E-state index in [0.29, 0.717) is 10.6 Å². The Morgan fingerprint density at radius 3 is 2.32 bits per heavy atom. The summed E-state index contributed by atoms with van der Waals surface area (Å²) in [5.74, 6) is -1.20. The molecule has 0 aliphatic heterocycles. The number of carbonyl (C=O) groups excluding carboxylic acids is 2. The summed E-state index contributed by atoms with van der Waals surface area (Å²) in [6, 6.07) is 9.58. The summed E-state index contributed by atoms with van der Waals surface area (Å²) in [5, 5.41) is 3.14. The topological polar surface area (TPSA) is 92.8 Å². The van der Waals surface area contributed by atoms with Crippen LogP contribution in [0.25, 0.3) is 0 Å². The number of rotatable bonds is 8. The van der Waals surface area contributed by atoms with Crippen LogP contribution < -0.4 is 5.32 Å². The summed E-state index contributed by atoms with van der Waals surface area (Å²) >= 11 is 12.4. The Morgan fingerprint density at radius 1 is 1.10 bits per heavy atom. The molecule has 2 rings (SSSR count). The van der Waals surface area contributed by atoms with E-state index in [9.17, 15) is 18.0 Å². The predicted octanol–water partition coefficient (Wildman–Crippen LogP) is 4.06. The first-order chi connectivity index (χ1) is 14.5. The van der Waals surface area contributed by atoms with Crippen LogP contribution in [0, 0.1) is 0 Å². The monoisotopic (exact) mass is 486 g/mol. The quantitative estimate of drug-likeness (QED) is 0.567. The van der Waals surface area contributed by atoms with Crippen molar-refractivity contribution >= 4 is 45.1 Å². The highest BCUT2D eigenvalue weighted by atomic mass is 35.5. The van der Waals surface area contributed by atoms with Crippen molar-refractivity contribution in [2.24, 2.45) is 0 Å². The zero-order chi connectivity index (χ0) is 23.3. The molecule has 0 bridgehead atoms. The Labute approximate surface area is 192 Å². The number of hydrogen-bond donors (Lipinski definition) is 1. The lowest BCUT2D eigenvalue weighted by Gasteiger charge is -2.22. The van der Waals surface area contributed by atoms with E-state index in [-0.39, 0.29) is 27.9 Å². The smallest absolute Gasteiger partial charge is 0.307 e. The van der Waals surface area contributed by atoms with E-state index in [1.54, 1.807) is 38.1 Å². The number of nitrogens with one attached hydrogen (secondary N) is 1. The SMILES string of the molecule is COC(=O)CC(NC(=O)c1cc(S(=O)(=O)N(C)C(C)C)ccc1Cl)c1ccccc1Cl. The minimum absolute atomic E-state index is 0.0400.